The largest absolute Gasteiger partial charge is 0.486 e. The van der Waals surface area contributed by atoms with E-state index in [1.54, 1.807) is 0 Å². The number of fused-ring (bicyclic) bond motifs is 2. The summed E-state index contributed by atoms with van der Waals surface area (Å²) >= 11 is 0. The maximum atomic E-state index is 12.8. The van der Waals surface area contributed by atoms with Crippen LogP contribution in [0, 0.1) is 18.3 Å². The van der Waals surface area contributed by atoms with Crippen molar-refractivity contribution in [2.75, 3.05) is 13.1 Å². The Labute approximate surface area is 172 Å². The molecule has 148 valence electrons. The first-order valence-electron chi connectivity index (χ1n) is 10.6. The van der Waals surface area contributed by atoms with Crippen molar-refractivity contribution in [1.29, 1.82) is 5.26 Å². The molecular formula is C25H26N2O2. The van der Waals surface area contributed by atoms with Crippen LogP contribution >= 0.6 is 0 Å². The summed E-state index contributed by atoms with van der Waals surface area (Å²) in [4.78, 5) is 15.4. The van der Waals surface area contributed by atoms with Gasteiger partial charge in [-0.2, -0.15) is 5.26 Å². The molecule has 1 saturated heterocycles. The maximum absolute atomic E-state index is 12.8. The van der Waals surface area contributed by atoms with Crippen molar-refractivity contribution >= 4 is 5.78 Å². The zero-order chi connectivity index (χ0) is 20.0. The molecule has 1 aliphatic carbocycles. The minimum Gasteiger partial charge on any atom is -0.486 e. The van der Waals surface area contributed by atoms with E-state index in [1.165, 1.54) is 11.1 Å². The molecular weight excluding hydrogens is 360 g/mol. The van der Waals surface area contributed by atoms with Crippen molar-refractivity contribution < 1.29 is 9.53 Å². The molecule has 1 fully saturated rings. The minimum absolute atomic E-state index is 0.225. The van der Waals surface area contributed by atoms with E-state index < -0.39 is 0 Å². The number of nitriles is 1. The molecule has 4 nitrogen and oxygen atoms in total. The third-order valence-corrected chi connectivity index (χ3v) is 7.01. The molecule has 2 aromatic carbocycles. The van der Waals surface area contributed by atoms with E-state index in [0.29, 0.717) is 12.5 Å². The number of carbonyl (C=O) groups is 1. The number of piperidine rings is 1. The molecule has 2 aromatic rings. The summed E-state index contributed by atoms with van der Waals surface area (Å²) in [7, 11) is 0. The molecule has 1 atom stereocenters. The summed E-state index contributed by atoms with van der Waals surface area (Å²) in [5.74, 6) is 0.989. The van der Waals surface area contributed by atoms with Gasteiger partial charge in [-0.05, 0) is 61.6 Å². The quantitative estimate of drug-likeness (QED) is 0.736. The number of nitrogens with zero attached hydrogens (tertiary/aromatic N) is 2. The van der Waals surface area contributed by atoms with Gasteiger partial charge >= 0.3 is 0 Å². The maximum Gasteiger partial charge on any atom is 0.170 e. The van der Waals surface area contributed by atoms with Crippen LogP contribution in [-0.2, 0) is 12.8 Å². The highest BCUT2D eigenvalue weighted by atomic mass is 16.5. The van der Waals surface area contributed by atoms with Gasteiger partial charge < -0.3 is 4.74 Å². The fourth-order valence-corrected chi connectivity index (χ4v) is 5.30. The highest BCUT2D eigenvalue weighted by molar-refractivity contribution is 6.00. The molecule has 0 N–H and O–H groups in total. The predicted octanol–water partition coefficient (Wildman–Crippen LogP) is 4.22. The van der Waals surface area contributed by atoms with Crippen molar-refractivity contribution in [2.24, 2.45) is 0 Å². The normalized spacial score (nSPS) is 23.0. The van der Waals surface area contributed by atoms with Crippen LogP contribution in [0.3, 0.4) is 0 Å². The monoisotopic (exact) mass is 386 g/mol. The van der Waals surface area contributed by atoms with Gasteiger partial charge in [0.15, 0.2) is 5.78 Å². The van der Waals surface area contributed by atoms with E-state index in [2.05, 4.69) is 23.1 Å². The minimum atomic E-state index is -0.329. The van der Waals surface area contributed by atoms with Crippen molar-refractivity contribution in [3.05, 3.63) is 64.2 Å². The third-order valence-electron chi connectivity index (χ3n) is 7.01. The number of carbonyl (C=O) groups excluding carboxylic acids is 1. The summed E-state index contributed by atoms with van der Waals surface area (Å²) in [6.07, 6.45) is 5.54. The van der Waals surface area contributed by atoms with E-state index in [0.717, 1.165) is 67.6 Å². The zero-order valence-corrected chi connectivity index (χ0v) is 16.9. The second kappa shape index (κ2) is 7.00. The summed E-state index contributed by atoms with van der Waals surface area (Å²) in [5.41, 5.74) is 5.00. The van der Waals surface area contributed by atoms with Crippen molar-refractivity contribution in [3.8, 4) is 11.8 Å². The van der Waals surface area contributed by atoms with Gasteiger partial charge in [0.25, 0.3) is 0 Å². The molecule has 0 unspecified atom stereocenters. The number of hydrogen-bond donors (Lipinski definition) is 0. The average Bonchev–Trinajstić information content (AvgIpc) is 2.74. The summed E-state index contributed by atoms with van der Waals surface area (Å²) in [6.45, 7) is 3.97. The van der Waals surface area contributed by atoms with Gasteiger partial charge in [-0.15, -0.1) is 0 Å². The summed E-state index contributed by atoms with van der Waals surface area (Å²) < 4.78 is 6.43. The first-order chi connectivity index (χ1) is 14.0. The lowest BCUT2D eigenvalue weighted by molar-refractivity contribution is -0.0201. The van der Waals surface area contributed by atoms with Gasteiger partial charge in [0.2, 0.25) is 0 Å². The van der Waals surface area contributed by atoms with Crippen LogP contribution in [-0.4, -0.2) is 35.4 Å². The first-order valence-corrected chi connectivity index (χ1v) is 10.6. The van der Waals surface area contributed by atoms with Crippen LogP contribution in [0.4, 0.5) is 0 Å². The van der Waals surface area contributed by atoms with Gasteiger partial charge in [0.05, 0.1) is 23.6 Å². The molecule has 29 heavy (non-hydrogen) atoms. The first kappa shape index (κ1) is 18.4. The number of ketones is 1. The number of benzene rings is 2. The Morgan fingerprint density at radius 2 is 1.97 bits per heavy atom. The van der Waals surface area contributed by atoms with Crippen molar-refractivity contribution in [2.45, 2.75) is 57.1 Å². The Bertz CT molecular complexity index is 1010. The fraction of sp³-hybridized carbons (Fsp3) is 0.440. The van der Waals surface area contributed by atoms with Gasteiger partial charge in [-0.1, -0.05) is 17.7 Å². The SMILES string of the molecule is Cc1ccc2c(c1)C(=O)CC1(CCN([C@@H]3CCc4cc(C#N)ccc4C3)CC1)O2. The van der Waals surface area contributed by atoms with Crippen molar-refractivity contribution in [3.63, 3.8) is 0 Å². The van der Waals surface area contributed by atoms with E-state index in [9.17, 15) is 4.79 Å². The molecule has 2 heterocycles. The lowest BCUT2D eigenvalue weighted by atomic mass is 9.80. The van der Waals surface area contributed by atoms with Crippen LogP contribution < -0.4 is 4.74 Å². The second-order valence-electron chi connectivity index (χ2n) is 8.91. The zero-order valence-electron chi connectivity index (χ0n) is 16.9. The molecule has 2 aliphatic heterocycles. The number of likely N-dealkylation sites (tertiary alicyclic amines) is 1. The predicted molar refractivity (Wildman–Crippen MR) is 111 cm³/mol. The fourth-order valence-electron chi connectivity index (χ4n) is 5.30. The summed E-state index contributed by atoms with van der Waals surface area (Å²) in [6, 6.07) is 14.9. The van der Waals surface area contributed by atoms with E-state index >= 15 is 0 Å². The molecule has 1 spiro atoms. The third kappa shape index (κ3) is 3.34. The van der Waals surface area contributed by atoms with Crippen LogP contribution in [0.5, 0.6) is 5.75 Å². The Morgan fingerprint density at radius 3 is 2.76 bits per heavy atom. The number of rotatable bonds is 1. The standard InChI is InChI=1S/C25H26N2O2/c1-17-2-7-24-22(12-17)23(28)15-25(29-24)8-10-27(11-9-25)21-6-5-19-13-18(16-26)3-4-20(19)14-21/h2-4,7,12-13,21H,5-6,8-11,14-15H2,1H3/t21-/m1/s1. The van der Waals surface area contributed by atoms with Crippen LogP contribution in [0.15, 0.2) is 36.4 Å². The molecule has 0 saturated carbocycles. The lowest BCUT2D eigenvalue weighted by Gasteiger charge is -2.46. The summed E-state index contributed by atoms with van der Waals surface area (Å²) in [5, 5.41) is 9.12. The highest BCUT2D eigenvalue weighted by Crippen LogP contribution is 2.40. The lowest BCUT2D eigenvalue weighted by Crippen LogP contribution is -2.54. The van der Waals surface area contributed by atoms with Crippen molar-refractivity contribution in [1.82, 2.24) is 4.90 Å². The van der Waals surface area contributed by atoms with Crippen LogP contribution in [0.1, 0.15) is 58.3 Å². The van der Waals surface area contributed by atoms with Gasteiger partial charge in [-0.25, -0.2) is 0 Å². The number of ether oxygens (including phenoxy) is 1. The number of Topliss-reactive ketones (excluding diaryl/α,β-unsaturated/α-hetero) is 1. The Morgan fingerprint density at radius 1 is 1.14 bits per heavy atom. The van der Waals surface area contributed by atoms with E-state index in [1.807, 2.05) is 31.2 Å². The second-order valence-corrected chi connectivity index (χ2v) is 8.91. The topological polar surface area (TPSA) is 53.3 Å². The molecule has 0 amide bonds. The molecule has 3 aliphatic rings. The number of aryl methyl sites for hydroxylation is 2. The van der Waals surface area contributed by atoms with Crippen LogP contribution in [0.2, 0.25) is 0 Å². The van der Waals surface area contributed by atoms with E-state index in [-0.39, 0.29) is 11.4 Å². The van der Waals surface area contributed by atoms with Gasteiger partial charge in [-0.3, -0.25) is 9.69 Å². The van der Waals surface area contributed by atoms with E-state index in [4.69, 9.17) is 10.00 Å². The molecule has 0 radical (unpaired) electrons. The Hall–Kier alpha value is -2.64. The molecule has 0 aromatic heterocycles. The number of hydrogen-bond acceptors (Lipinski definition) is 4. The molecule has 5 rings (SSSR count). The molecule has 0 bridgehead atoms. The van der Waals surface area contributed by atoms with Gasteiger partial charge in [0, 0.05) is 32.0 Å². The Kier molecular flexibility index (Phi) is 4.44. The van der Waals surface area contributed by atoms with Crippen LogP contribution in [0.25, 0.3) is 0 Å². The average molecular weight is 386 g/mol. The Balaban J connectivity index is 1.27. The smallest absolute Gasteiger partial charge is 0.170 e. The van der Waals surface area contributed by atoms with Gasteiger partial charge in [0.1, 0.15) is 11.4 Å². The molecule has 4 heteroatoms. The highest BCUT2D eigenvalue weighted by Gasteiger charge is 2.44.